The van der Waals surface area contributed by atoms with Crippen LogP contribution in [0.4, 0.5) is 11.4 Å². The monoisotopic (exact) mass is 250 g/mol. The molecule has 18 heavy (non-hydrogen) atoms. The Balaban J connectivity index is 3.25. The molecule has 0 unspecified atom stereocenters. The van der Waals surface area contributed by atoms with Gasteiger partial charge in [-0.3, -0.25) is 0 Å². The summed E-state index contributed by atoms with van der Waals surface area (Å²) in [7, 11) is 0. The molecule has 0 aliphatic rings. The Hall–Kier alpha value is -1.71. The number of anilines is 2. The van der Waals surface area contributed by atoms with Gasteiger partial charge in [0.2, 0.25) is 0 Å². The van der Waals surface area contributed by atoms with Crippen LogP contribution in [-0.2, 0) is 10.2 Å². The van der Waals surface area contributed by atoms with E-state index in [4.69, 9.17) is 16.2 Å². The molecule has 4 nitrogen and oxygen atoms in total. The SMILES string of the molecule is CCOC(=O)c1cc(N)c(C(C)(C)CC)c(N)c1. The first-order valence-corrected chi connectivity index (χ1v) is 6.20. The van der Waals surface area contributed by atoms with Gasteiger partial charge >= 0.3 is 5.97 Å². The third kappa shape index (κ3) is 2.75. The number of hydrogen-bond donors (Lipinski definition) is 2. The maximum absolute atomic E-state index is 11.6. The second-order valence-corrected chi connectivity index (χ2v) is 4.99. The molecule has 4 N–H and O–H groups in total. The Kier molecular flexibility index (Phi) is 4.22. The largest absolute Gasteiger partial charge is 0.462 e. The van der Waals surface area contributed by atoms with Crippen molar-refractivity contribution in [2.24, 2.45) is 0 Å². The van der Waals surface area contributed by atoms with Gasteiger partial charge in [-0.25, -0.2) is 4.79 Å². The molecule has 1 aromatic carbocycles. The summed E-state index contributed by atoms with van der Waals surface area (Å²) in [5.74, 6) is -0.392. The van der Waals surface area contributed by atoms with E-state index in [9.17, 15) is 4.79 Å². The van der Waals surface area contributed by atoms with Gasteiger partial charge in [-0.05, 0) is 30.9 Å². The Bertz CT molecular complexity index is 430. The molecule has 0 saturated heterocycles. The number of nitrogen functional groups attached to an aromatic ring is 2. The third-order valence-corrected chi connectivity index (χ3v) is 3.27. The minimum Gasteiger partial charge on any atom is -0.462 e. The van der Waals surface area contributed by atoms with Crippen molar-refractivity contribution >= 4 is 17.3 Å². The number of ether oxygens (including phenoxy) is 1. The van der Waals surface area contributed by atoms with Gasteiger partial charge in [-0.2, -0.15) is 0 Å². The molecular formula is C14H22N2O2. The van der Waals surface area contributed by atoms with E-state index in [0.717, 1.165) is 12.0 Å². The fourth-order valence-corrected chi connectivity index (χ4v) is 1.98. The predicted molar refractivity (Wildman–Crippen MR) is 74.5 cm³/mol. The number of nitrogens with two attached hydrogens (primary N) is 2. The summed E-state index contributed by atoms with van der Waals surface area (Å²) in [6.45, 7) is 8.34. The number of rotatable bonds is 4. The van der Waals surface area contributed by atoms with Crippen molar-refractivity contribution < 1.29 is 9.53 Å². The van der Waals surface area contributed by atoms with Crippen molar-refractivity contribution in [3.8, 4) is 0 Å². The van der Waals surface area contributed by atoms with E-state index in [1.807, 2.05) is 0 Å². The van der Waals surface area contributed by atoms with Crippen LogP contribution in [0, 0.1) is 0 Å². The average molecular weight is 250 g/mol. The number of hydrogen-bond acceptors (Lipinski definition) is 4. The summed E-state index contributed by atoms with van der Waals surface area (Å²) < 4.78 is 4.94. The highest BCUT2D eigenvalue weighted by molar-refractivity contribution is 5.92. The molecule has 0 bridgehead atoms. The maximum atomic E-state index is 11.6. The van der Waals surface area contributed by atoms with Crippen LogP contribution in [-0.4, -0.2) is 12.6 Å². The number of carbonyl (C=O) groups excluding carboxylic acids is 1. The lowest BCUT2D eigenvalue weighted by atomic mass is 9.80. The molecule has 0 aliphatic carbocycles. The number of carbonyl (C=O) groups is 1. The van der Waals surface area contributed by atoms with Crippen molar-refractivity contribution in [1.29, 1.82) is 0 Å². The van der Waals surface area contributed by atoms with Gasteiger partial charge in [0.15, 0.2) is 0 Å². The normalized spacial score (nSPS) is 11.3. The minimum atomic E-state index is -0.392. The molecule has 0 aromatic heterocycles. The second-order valence-electron chi connectivity index (χ2n) is 4.99. The maximum Gasteiger partial charge on any atom is 0.338 e. The summed E-state index contributed by atoms with van der Waals surface area (Å²) in [5.41, 5.74) is 14.3. The standard InChI is InChI=1S/C14H22N2O2/c1-5-14(3,4)12-10(15)7-9(8-11(12)16)13(17)18-6-2/h7-8H,5-6,15-16H2,1-4H3. The molecule has 1 aromatic rings. The van der Waals surface area contributed by atoms with Crippen LogP contribution < -0.4 is 11.5 Å². The fraction of sp³-hybridized carbons (Fsp3) is 0.500. The lowest BCUT2D eigenvalue weighted by Crippen LogP contribution is -2.20. The fourth-order valence-electron chi connectivity index (χ4n) is 1.98. The first-order chi connectivity index (χ1) is 8.33. The lowest BCUT2D eigenvalue weighted by Gasteiger charge is -2.27. The molecule has 4 heteroatoms. The zero-order valence-corrected chi connectivity index (χ0v) is 11.5. The highest BCUT2D eigenvalue weighted by atomic mass is 16.5. The molecular weight excluding hydrogens is 228 g/mol. The molecule has 0 fully saturated rings. The van der Waals surface area contributed by atoms with E-state index >= 15 is 0 Å². The Labute approximate surface area is 108 Å². The Morgan fingerprint density at radius 1 is 1.22 bits per heavy atom. The van der Waals surface area contributed by atoms with E-state index in [2.05, 4.69) is 20.8 Å². The molecule has 1 rings (SSSR count). The van der Waals surface area contributed by atoms with E-state index in [1.165, 1.54) is 0 Å². The van der Waals surface area contributed by atoms with Crippen molar-refractivity contribution in [1.82, 2.24) is 0 Å². The van der Waals surface area contributed by atoms with Crippen LogP contribution in [0.3, 0.4) is 0 Å². The van der Waals surface area contributed by atoms with E-state index in [0.29, 0.717) is 23.5 Å². The van der Waals surface area contributed by atoms with Crippen molar-refractivity contribution in [3.05, 3.63) is 23.3 Å². The Morgan fingerprint density at radius 3 is 2.11 bits per heavy atom. The van der Waals surface area contributed by atoms with Crippen LogP contribution in [0.5, 0.6) is 0 Å². The highest BCUT2D eigenvalue weighted by Crippen LogP contribution is 2.36. The van der Waals surface area contributed by atoms with Gasteiger partial charge < -0.3 is 16.2 Å². The molecule has 0 aliphatic heterocycles. The first-order valence-electron chi connectivity index (χ1n) is 6.20. The molecule has 0 heterocycles. The van der Waals surface area contributed by atoms with Crippen LogP contribution >= 0.6 is 0 Å². The van der Waals surface area contributed by atoms with Crippen molar-refractivity contribution in [3.63, 3.8) is 0 Å². The number of esters is 1. The minimum absolute atomic E-state index is 0.110. The topological polar surface area (TPSA) is 78.3 Å². The number of benzene rings is 1. The van der Waals surface area contributed by atoms with Crippen LogP contribution in [0.25, 0.3) is 0 Å². The zero-order chi connectivity index (χ0) is 13.9. The second kappa shape index (κ2) is 5.29. The summed E-state index contributed by atoms with van der Waals surface area (Å²) in [6, 6.07) is 3.28. The van der Waals surface area contributed by atoms with Crippen LogP contribution in [0.1, 0.15) is 50.0 Å². The smallest absolute Gasteiger partial charge is 0.338 e. The lowest BCUT2D eigenvalue weighted by molar-refractivity contribution is 0.0526. The summed E-state index contributed by atoms with van der Waals surface area (Å²) in [6.07, 6.45) is 0.917. The van der Waals surface area contributed by atoms with Gasteiger partial charge in [0.05, 0.1) is 12.2 Å². The van der Waals surface area contributed by atoms with Gasteiger partial charge in [-0.15, -0.1) is 0 Å². The molecule has 0 atom stereocenters. The third-order valence-electron chi connectivity index (χ3n) is 3.27. The highest BCUT2D eigenvalue weighted by Gasteiger charge is 2.25. The Morgan fingerprint density at radius 2 is 1.72 bits per heavy atom. The van der Waals surface area contributed by atoms with Crippen LogP contribution in [0.15, 0.2) is 12.1 Å². The first kappa shape index (κ1) is 14.4. The summed E-state index contributed by atoms with van der Waals surface area (Å²) in [4.78, 5) is 11.6. The predicted octanol–water partition coefficient (Wildman–Crippen LogP) is 2.72. The molecule has 0 radical (unpaired) electrons. The van der Waals surface area contributed by atoms with Crippen LogP contribution in [0.2, 0.25) is 0 Å². The van der Waals surface area contributed by atoms with E-state index in [-0.39, 0.29) is 5.41 Å². The molecule has 0 amide bonds. The summed E-state index contributed by atoms with van der Waals surface area (Å²) >= 11 is 0. The summed E-state index contributed by atoms with van der Waals surface area (Å²) in [5, 5.41) is 0. The van der Waals surface area contributed by atoms with Crippen molar-refractivity contribution in [2.75, 3.05) is 18.1 Å². The van der Waals surface area contributed by atoms with E-state index in [1.54, 1.807) is 19.1 Å². The quantitative estimate of drug-likeness (QED) is 0.636. The molecule has 0 saturated carbocycles. The van der Waals surface area contributed by atoms with Gasteiger partial charge in [0.25, 0.3) is 0 Å². The molecule has 100 valence electrons. The average Bonchev–Trinajstić information content (AvgIpc) is 2.28. The zero-order valence-electron chi connectivity index (χ0n) is 11.5. The van der Waals surface area contributed by atoms with Gasteiger partial charge in [0.1, 0.15) is 0 Å². The van der Waals surface area contributed by atoms with Gasteiger partial charge in [-0.1, -0.05) is 20.8 Å². The van der Waals surface area contributed by atoms with E-state index < -0.39 is 5.97 Å². The molecule has 0 spiro atoms. The van der Waals surface area contributed by atoms with Crippen molar-refractivity contribution in [2.45, 2.75) is 39.5 Å². The van der Waals surface area contributed by atoms with Gasteiger partial charge in [0, 0.05) is 16.9 Å².